The summed E-state index contributed by atoms with van der Waals surface area (Å²) in [6.45, 7) is 3.42. The van der Waals surface area contributed by atoms with E-state index in [4.69, 9.17) is 14.7 Å². The minimum atomic E-state index is -0.470. The Bertz CT molecular complexity index is 809. The van der Waals surface area contributed by atoms with Crippen molar-refractivity contribution in [1.82, 2.24) is 15.0 Å². The third-order valence-electron chi connectivity index (χ3n) is 5.30. The van der Waals surface area contributed by atoms with Gasteiger partial charge in [-0.25, -0.2) is 9.97 Å². The van der Waals surface area contributed by atoms with Gasteiger partial charge in [0.1, 0.15) is 5.82 Å². The fourth-order valence-corrected chi connectivity index (χ4v) is 3.86. The molecule has 0 aromatic carbocycles. The Labute approximate surface area is 147 Å². The van der Waals surface area contributed by atoms with Gasteiger partial charge in [0.25, 0.3) is 0 Å². The highest BCUT2D eigenvalue weighted by Gasteiger charge is 2.42. The number of anilines is 1. The molecule has 0 N–H and O–H groups in total. The van der Waals surface area contributed by atoms with Gasteiger partial charge in [-0.1, -0.05) is 0 Å². The second-order valence-electron chi connectivity index (χ2n) is 7.11. The summed E-state index contributed by atoms with van der Waals surface area (Å²) in [5.74, 6) is 1.58. The third kappa shape index (κ3) is 2.75. The second-order valence-corrected chi connectivity index (χ2v) is 7.11. The molecular formula is C19H22N4O2. The van der Waals surface area contributed by atoms with Gasteiger partial charge in [-0.3, -0.25) is 9.78 Å². The first-order valence-corrected chi connectivity index (χ1v) is 8.74. The summed E-state index contributed by atoms with van der Waals surface area (Å²) < 4.78 is 5.00. The molecule has 0 saturated carbocycles. The molecule has 25 heavy (non-hydrogen) atoms. The molecule has 0 spiro atoms. The lowest BCUT2D eigenvalue weighted by molar-refractivity contribution is -0.150. The van der Waals surface area contributed by atoms with E-state index in [1.54, 1.807) is 12.4 Å². The quantitative estimate of drug-likeness (QED) is 0.801. The molecule has 1 aliphatic carbocycles. The minimum Gasteiger partial charge on any atom is -0.469 e. The maximum atomic E-state index is 12.1. The van der Waals surface area contributed by atoms with Crippen molar-refractivity contribution in [2.24, 2.45) is 5.41 Å². The van der Waals surface area contributed by atoms with Crippen LogP contribution < -0.4 is 4.90 Å². The zero-order valence-electron chi connectivity index (χ0n) is 14.7. The average molecular weight is 338 g/mol. The van der Waals surface area contributed by atoms with Gasteiger partial charge in [0.2, 0.25) is 0 Å². The second kappa shape index (κ2) is 6.10. The molecule has 2 aromatic rings. The number of hydrogen-bond donors (Lipinski definition) is 0. The number of aromatic nitrogens is 3. The molecule has 6 nitrogen and oxygen atoms in total. The largest absolute Gasteiger partial charge is 0.469 e. The number of aryl methyl sites for hydroxylation is 1. The Morgan fingerprint density at radius 3 is 2.80 bits per heavy atom. The van der Waals surface area contributed by atoms with Crippen LogP contribution in [0.1, 0.15) is 31.0 Å². The molecule has 0 amide bonds. The van der Waals surface area contributed by atoms with E-state index in [1.165, 1.54) is 12.7 Å². The Balaban J connectivity index is 1.73. The highest BCUT2D eigenvalue weighted by atomic mass is 16.5. The van der Waals surface area contributed by atoms with Crippen LogP contribution in [-0.4, -0.2) is 41.1 Å². The Morgan fingerprint density at radius 1 is 1.24 bits per heavy atom. The topological polar surface area (TPSA) is 68.2 Å². The Kier molecular flexibility index (Phi) is 3.90. The number of fused-ring (bicyclic) bond motifs is 1. The number of carbonyl (C=O) groups excluding carboxylic acids is 1. The highest BCUT2D eigenvalue weighted by Crippen LogP contribution is 2.38. The van der Waals surface area contributed by atoms with E-state index in [-0.39, 0.29) is 5.97 Å². The van der Waals surface area contributed by atoms with E-state index < -0.39 is 5.41 Å². The monoisotopic (exact) mass is 338 g/mol. The summed E-state index contributed by atoms with van der Waals surface area (Å²) in [5, 5.41) is 0. The smallest absolute Gasteiger partial charge is 0.313 e. The summed E-state index contributed by atoms with van der Waals surface area (Å²) in [4.78, 5) is 28.1. The van der Waals surface area contributed by atoms with E-state index in [0.717, 1.165) is 55.1 Å². The molecule has 0 radical (unpaired) electrons. The van der Waals surface area contributed by atoms with E-state index in [0.29, 0.717) is 6.54 Å². The number of esters is 1. The molecular weight excluding hydrogens is 316 g/mol. The Hall–Kier alpha value is -2.50. The SMILES string of the molecule is COC(=O)C1(C)CCN(c2nc(-c3ccncc3)nc3c2CCC3)C1. The van der Waals surface area contributed by atoms with E-state index in [2.05, 4.69) is 9.88 Å². The summed E-state index contributed by atoms with van der Waals surface area (Å²) in [7, 11) is 1.46. The lowest BCUT2D eigenvalue weighted by atomic mass is 9.90. The van der Waals surface area contributed by atoms with Crippen LogP contribution in [0.15, 0.2) is 24.5 Å². The van der Waals surface area contributed by atoms with Gasteiger partial charge >= 0.3 is 5.97 Å². The summed E-state index contributed by atoms with van der Waals surface area (Å²) in [5.41, 5.74) is 2.89. The maximum Gasteiger partial charge on any atom is 0.313 e. The molecule has 1 aliphatic heterocycles. The van der Waals surface area contributed by atoms with E-state index in [9.17, 15) is 4.79 Å². The van der Waals surface area contributed by atoms with Crippen LogP contribution in [0, 0.1) is 5.41 Å². The molecule has 1 fully saturated rings. The molecule has 1 unspecified atom stereocenters. The number of ether oxygens (including phenoxy) is 1. The van der Waals surface area contributed by atoms with Crippen molar-refractivity contribution >= 4 is 11.8 Å². The third-order valence-corrected chi connectivity index (χ3v) is 5.30. The Morgan fingerprint density at radius 2 is 2.04 bits per heavy atom. The molecule has 3 heterocycles. The zero-order chi connectivity index (χ0) is 17.4. The summed E-state index contributed by atoms with van der Waals surface area (Å²) in [6, 6.07) is 3.87. The first kappa shape index (κ1) is 16.0. The van der Waals surface area contributed by atoms with Gasteiger partial charge in [-0.15, -0.1) is 0 Å². The zero-order valence-corrected chi connectivity index (χ0v) is 14.7. The average Bonchev–Trinajstić information content (AvgIpc) is 3.28. The van der Waals surface area contributed by atoms with E-state index in [1.807, 2.05) is 19.1 Å². The molecule has 1 atom stereocenters. The molecule has 130 valence electrons. The van der Waals surface area contributed by atoms with Gasteiger partial charge in [-0.2, -0.15) is 0 Å². The number of nitrogens with zero attached hydrogens (tertiary/aromatic N) is 4. The van der Waals surface area contributed by atoms with Gasteiger partial charge in [0, 0.05) is 42.3 Å². The van der Waals surface area contributed by atoms with Crippen LogP contribution >= 0.6 is 0 Å². The molecule has 6 heteroatoms. The molecule has 2 aromatic heterocycles. The minimum absolute atomic E-state index is 0.143. The normalized spacial score (nSPS) is 22.1. The maximum absolute atomic E-state index is 12.1. The van der Waals surface area contributed by atoms with E-state index >= 15 is 0 Å². The highest BCUT2D eigenvalue weighted by molar-refractivity contribution is 5.78. The number of methoxy groups -OCH3 is 1. The fraction of sp³-hybridized carbons (Fsp3) is 0.474. The van der Waals surface area contributed by atoms with Crippen molar-refractivity contribution in [2.45, 2.75) is 32.6 Å². The predicted molar refractivity (Wildman–Crippen MR) is 94.2 cm³/mol. The molecule has 4 rings (SSSR count). The van der Waals surface area contributed by atoms with Crippen molar-refractivity contribution in [3.63, 3.8) is 0 Å². The lowest BCUT2D eigenvalue weighted by Crippen LogP contribution is -2.33. The molecule has 2 aliphatic rings. The van der Waals surface area contributed by atoms with Crippen molar-refractivity contribution in [2.75, 3.05) is 25.1 Å². The van der Waals surface area contributed by atoms with Crippen LogP contribution in [0.2, 0.25) is 0 Å². The van der Waals surface area contributed by atoms with Gasteiger partial charge in [-0.05, 0) is 44.7 Å². The predicted octanol–water partition coefficient (Wildman–Crippen LogP) is 2.42. The van der Waals surface area contributed by atoms with Gasteiger partial charge in [0.15, 0.2) is 5.82 Å². The van der Waals surface area contributed by atoms with Crippen molar-refractivity contribution in [3.05, 3.63) is 35.8 Å². The van der Waals surface area contributed by atoms with Gasteiger partial charge in [0.05, 0.1) is 12.5 Å². The lowest BCUT2D eigenvalue weighted by Gasteiger charge is -2.24. The first-order chi connectivity index (χ1) is 12.1. The standard InChI is InChI=1S/C19H22N4O2/c1-19(18(24)25-2)8-11-23(12-19)17-14-4-3-5-15(14)21-16(22-17)13-6-9-20-10-7-13/h6-7,9-10H,3-5,8,11-12H2,1-2H3. The summed E-state index contributed by atoms with van der Waals surface area (Å²) >= 11 is 0. The van der Waals surface area contributed by atoms with Crippen LogP contribution in [0.25, 0.3) is 11.4 Å². The van der Waals surface area contributed by atoms with Crippen molar-refractivity contribution in [3.8, 4) is 11.4 Å². The number of rotatable bonds is 3. The fourth-order valence-electron chi connectivity index (χ4n) is 3.86. The van der Waals surface area contributed by atoms with Crippen molar-refractivity contribution in [1.29, 1.82) is 0 Å². The van der Waals surface area contributed by atoms with Gasteiger partial charge < -0.3 is 9.64 Å². The molecule has 1 saturated heterocycles. The van der Waals surface area contributed by atoms with Crippen LogP contribution in [0.5, 0.6) is 0 Å². The number of carbonyl (C=O) groups is 1. The van der Waals surface area contributed by atoms with Crippen molar-refractivity contribution < 1.29 is 9.53 Å². The van der Waals surface area contributed by atoms with Crippen LogP contribution in [-0.2, 0) is 22.4 Å². The van der Waals surface area contributed by atoms with Crippen LogP contribution in [0.3, 0.4) is 0 Å². The molecule has 0 bridgehead atoms. The number of pyridine rings is 1. The summed E-state index contributed by atoms with van der Waals surface area (Å²) in [6.07, 6.45) is 7.41. The number of hydrogen-bond acceptors (Lipinski definition) is 6. The van der Waals surface area contributed by atoms with Crippen LogP contribution in [0.4, 0.5) is 5.82 Å². The first-order valence-electron chi connectivity index (χ1n) is 8.74.